The smallest absolute Gasteiger partial charge is 0.408 e. The number of carbonyl (C=O) groups is 4. The van der Waals surface area contributed by atoms with Crippen molar-refractivity contribution in [2.75, 3.05) is 13.2 Å². The molecule has 55 heavy (non-hydrogen) atoms. The Bertz CT molecular complexity index is 1960. The predicted molar refractivity (Wildman–Crippen MR) is 201 cm³/mol. The standard InChI is InChI=1S/C37H45N9O7S2/c1-5-52-32(50)37-20-23(37)13-9-7-6-8-10-14-25(43-35(51)53-36(2,3)4)30(48)45-22-24(19-26(45)29(47)44-37)46-31(49)28(55-34-40-17-12-18-41-34)27(21-42-46)54-33-38-15-11-16-39-33/h9,11-13,15-18,21,23-26H,5-8,10,14,19-20,22H2,1-4H3,(H,43,51)(H,44,47)/b13-9-/t23-,24-,25+,26?,37-/m1/s1. The van der Waals surface area contributed by atoms with E-state index in [-0.39, 0.29) is 30.4 Å². The summed E-state index contributed by atoms with van der Waals surface area (Å²) in [6.45, 7) is 6.94. The van der Waals surface area contributed by atoms with E-state index in [0.29, 0.717) is 34.5 Å². The summed E-state index contributed by atoms with van der Waals surface area (Å²) in [6, 6.07) is 0.458. The zero-order valence-corrected chi connectivity index (χ0v) is 32.8. The molecule has 3 aliphatic rings. The number of allylic oxidation sites excluding steroid dienone is 1. The van der Waals surface area contributed by atoms with Crippen LogP contribution in [0.1, 0.15) is 78.7 Å². The first-order valence-corrected chi connectivity index (χ1v) is 20.0. The van der Waals surface area contributed by atoms with Crippen molar-refractivity contribution < 1.29 is 28.7 Å². The summed E-state index contributed by atoms with van der Waals surface area (Å²) in [5, 5.41) is 11.0. The minimum absolute atomic E-state index is 0.00325. The first-order chi connectivity index (χ1) is 26.4. The number of carbonyl (C=O) groups excluding carboxylic acids is 4. The van der Waals surface area contributed by atoms with Crippen molar-refractivity contribution >= 4 is 47.4 Å². The number of hydrogen-bond acceptors (Lipinski definition) is 14. The van der Waals surface area contributed by atoms with Crippen LogP contribution >= 0.6 is 23.5 Å². The number of nitrogens with zero attached hydrogens (tertiary/aromatic N) is 7. The van der Waals surface area contributed by atoms with Crippen molar-refractivity contribution in [1.82, 2.24) is 45.2 Å². The fraction of sp³-hybridized carbons (Fsp3) is 0.514. The second-order valence-electron chi connectivity index (χ2n) is 14.5. The lowest BCUT2D eigenvalue weighted by atomic mass is 10.0. The Hall–Kier alpha value is -4.84. The van der Waals surface area contributed by atoms with Gasteiger partial charge in [-0.15, -0.1) is 0 Å². The summed E-state index contributed by atoms with van der Waals surface area (Å²) in [6.07, 6.45) is 14.7. The maximum Gasteiger partial charge on any atom is 0.408 e. The molecule has 1 aliphatic carbocycles. The van der Waals surface area contributed by atoms with Crippen molar-refractivity contribution in [3.05, 3.63) is 65.6 Å². The summed E-state index contributed by atoms with van der Waals surface area (Å²) in [5.74, 6) is -1.89. The molecule has 5 heterocycles. The highest BCUT2D eigenvalue weighted by molar-refractivity contribution is 8.02. The van der Waals surface area contributed by atoms with E-state index in [1.54, 1.807) is 64.6 Å². The fourth-order valence-corrected chi connectivity index (χ4v) is 8.38. The lowest BCUT2D eigenvalue weighted by Crippen LogP contribution is -2.56. The van der Waals surface area contributed by atoms with Crippen molar-refractivity contribution in [1.29, 1.82) is 0 Å². The molecule has 2 fully saturated rings. The van der Waals surface area contributed by atoms with E-state index in [2.05, 4.69) is 35.7 Å². The molecule has 6 rings (SSSR count). The van der Waals surface area contributed by atoms with Gasteiger partial charge in [-0.05, 0) is 89.0 Å². The number of ether oxygens (including phenoxy) is 2. The molecule has 3 aromatic heterocycles. The molecule has 5 atom stereocenters. The summed E-state index contributed by atoms with van der Waals surface area (Å²) in [4.78, 5) is 89.0. The van der Waals surface area contributed by atoms with E-state index in [4.69, 9.17) is 9.47 Å². The highest BCUT2D eigenvalue weighted by atomic mass is 32.2. The molecule has 1 saturated heterocycles. The number of nitrogens with one attached hydrogen (secondary N) is 2. The molecular formula is C37H45N9O7S2. The minimum atomic E-state index is -1.28. The number of fused-ring (bicyclic) bond motifs is 2. The Morgan fingerprint density at radius 2 is 1.69 bits per heavy atom. The summed E-state index contributed by atoms with van der Waals surface area (Å²) < 4.78 is 12.2. The molecule has 292 valence electrons. The van der Waals surface area contributed by atoms with Crippen LogP contribution < -0.4 is 16.2 Å². The number of amides is 3. The highest BCUT2D eigenvalue weighted by Crippen LogP contribution is 2.46. The van der Waals surface area contributed by atoms with Gasteiger partial charge in [-0.3, -0.25) is 14.4 Å². The van der Waals surface area contributed by atoms with E-state index in [1.807, 2.05) is 12.2 Å². The first kappa shape index (κ1) is 39.8. The summed E-state index contributed by atoms with van der Waals surface area (Å²) >= 11 is 2.21. The Balaban J connectivity index is 1.37. The van der Waals surface area contributed by atoms with Gasteiger partial charge < -0.3 is 25.0 Å². The third kappa shape index (κ3) is 9.70. The van der Waals surface area contributed by atoms with Gasteiger partial charge in [0.1, 0.15) is 23.2 Å². The molecule has 3 amide bonds. The Morgan fingerprint density at radius 3 is 2.36 bits per heavy atom. The van der Waals surface area contributed by atoms with E-state index >= 15 is 0 Å². The number of alkyl carbamates (subject to hydrolysis) is 1. The van der Waals surface area contributed by atoms with Crippen molar-refractivity contribution in [3.8, 4) is 0 Å². The van der Waals surface area contributed by atoms with Gasteiger partial charge in [-0.2, -0.15) is 5.10 Å². The second-order valence-corrected chi connectivity index (χ2v) is 16.5. The van der Waals surface area contributed by atoms with Gasteiger partial charge in [-0.25, -0.2) is 34.2 Å². The van der Waals surface area contributed by atoms with Gasteiger partial charge in [0.2, 0.25) is 11.8 Å². The van der Waals surface area contributed by atoms with Crippen LogP contribution in [0.5, 0.6) is 0 Å². The molecule has 2 N–H and O–H groups in total. The second kappa shape index (κ2) is 17.3. The fourth-order valence-electron chi connectivity index (χ4n) is 6.68. The summed E-state index contributed by atoms with van der Waals surface area (Å²) in [7, 11) is 0. The average molecular weight is 792 g/mol. The van der Waals surface area contributed by atoms with Gasteiger partial charge >= 0.3 is 12.1 Å². The number of rotatable bonds is 8. The maximum absolute atomic E-state index is 14.6. The largest absolute Gasteiger partial charge is 0.464 e. The Morgan fingerprint density at radius 1 is 1.00 bits per heavy atom. The van der Waals surface area contributed by atoms with Gasteiger partial charge in [0.05, 0.1) is 28.6 Å². The Labute approximate surface area is 327 Å². The quantitative estimate of drug-likeness (QED) is 0.188. The molecule has 2 aliphatic heterocycles. The van der Waals surface area contributed by atoms with Crippen LogP contribution in [0, 0.1) is 5.92 Å². The maximum atomic E-state index is 14.6. The van der Waals surface area contributed by atoms with Crippen LogP contribution in [0.15, 0.2) is 80.2 Å². The van der Waals surface area contributed by atoms with Crippen LogP contribution in [0.4, 0.5) is 4.79 Å². The van der Waals surface area contributed by atoms with Crippen molar-refractivity contribution in [2.45, 2.75) is 122 Å². The third-order valence-electron chi connectivity index (χ3n) is 9.34. The zero-order chi connectivity index (χ0) is 39.2. The zero-order valence-electron chi connectivity index (χ0n) is 31.2. The van der Waals surface area contributed by atoms with Crippen LogP contribution in [-0.2, 0) is 23.9 Å². The minimum Gasteiger partial charge on any atom is -0.464 e. The van der Waals surface area contributed by atoms with E-state index in [0.717, 1.165) is 42.8 Å². The van der Waals surface area contributed by atoms with Crippen molar-refractivity contribution in [3.63, 3.8) is 0 Å². The summed E-state index contributed by atoms with van der Waals surface area (Å²) in [5.41, 5.74) is -2.58. The Kier molecular flexibility index (Phi) is 12.5. The first-order valence-electron chi connectivity index (χ1n) is 18.4. The average Bonchev–Trinajstić information content (AvgIpc) is 3.66. The van der Waals surface area contributed by atoms with Crippen LogP contribution in [0.3, 0.4) is 0 Å². The molecule has 16 nitrogen and oxygen atoms in total. The third-order valence-corrected chi connectivity index (χ3v) is 11.4. The predicted octanol–water partition coefficient (Wildman–Crippen LogP) is 4.12. The van der Waals surface area contributed by atoms with E-state index in [9.17, 15) is 24.0 Å². The number of esters is 1. The molecule has 18 heteroatoms. The number of aromatic nitrogens is 6. The van der Waals surface area contributed by atoms with E-state index in [1.165, 1.54) is 15.8 Å². The van der Waals surface area contributed by atoms with Gasteiger partial charge in [-0.1, -0.05) is 25.0 Å². The molecular weight excluding hydrogens is 747 g/mol. The normalized spacial score (nSPS) is 25.0. The topological polar surface area (TPSA) is 200 Å². The molecule has 0 aromatic carbocycles. The lowest BCUT2D eigenvalue weighted by Gasteiger charge is -2.30. The van der Waals surface area contributed by atoms with Crippen molar-refractivity contribution in [2.24, 2.45) is 5.92 Å². The molecule has 0 spiro atoms. The highest BCUT2D eigenvalue weighted by Gasteiger charge is 2.62. The van der Waals surface area contributed by atoms with Gasteiger partial charge in [0, 0.05) is 43.7 Å². The van der Waals surface area contributed by atoms with Gasteiger partial charge in [0.15, 0.2) is 10.3 Å². The van der Waals surface area contributed by atoms with Crippen LogP contribution in [0.25, 0.3) is 0 Å². The van der Waals surface area contributed by atoms with Gasteiger partial charge in [0.25, 0.3) is 5.56 Å². The molecule has 3 aromatic rings. The molecule has 0 radical (unpaired) electrons. The number of hydrogen-bond donors (Lipinski definition) is 2. The van der Waals surface area contributed by atoms with E-state index < -0.39 is 58.7 Å². The SMILES string of the molecule is CCOC(=O)[C@@]12C[C@H]1/C=C\CCCCC[C@H](NC(=O)OC(C)(C)C)C(=O)N1C[C@H](n3ncc(Sc4ncccn4)c(Sc4ncccn4)c3=O)CC1C(=O)N2. The molecule has 1 unspecified atom stereocenters. The van der Waals surface area contributed by atoms with Crippen LogP contribution in [-0.4, -0.2) is 94.9 Å². The lowest BCUT2D eigenvalue weighted by molar-refractivity contribution is -0.150. The van der Waals surface area contributed by atoms with Crippen LogP contribution in [0.2, 0.25) is 0 Å². The monoisotopic (exact) mass is 791 g/mol. The molecule has 1 saturated carbocycles. The molecule has 0 bridgehead atoms.